The molecular weight excluding hydrogens is 242 g/mol. The Kier molecular flexibility index (Phi) is 4.92. The number of nitrogen functional groups attached to an aromatic ring is 1. The highest BCUT2D eigenvalue weighted by molar-refractivity contribution is 5.95. The Hall–Kier alpha value is -2.04. The number of nitrogens with one attached hydrogen (secondary N) is 2. The lowest BCUT2D eigenvalue weighted by Gasteiger charge is -2.20. The van der Waals surface area contributed by atoms with E-state index in [1.807, 2.05) is 20.8 Å². The molecule has 0 aromatic heterocycles. The highest BCUT2D eigenvalue weighted by Crippen LogP contribution is 2.06. The van der Waals surface area contributed by atoms with Gasteiger partial charge in [-0.15, -0.1) is 0 Å². The van der Waals surface area contributed by atoms with E-state index in [0.717, 1.165) is 0 Å². The van der Waals surface area contributed by atoms with Crippen LogP contribution < -0.4 is 16.4 Å². The minimum absolute atomic E-state index is 0.0830. The second-order valence-electron chi connectivity index (χ2n) is 5.43. The van der Waals surface area contributed by atoms with E-state index in [1.54, 1.807) is 24.3 Å². The van der Waals surface area contributed by atoms with Gasteiger partial charge < -0.3 is 16.4 Å². The first-order chi connectivity index (χ1) is 8.78. The fraction of sp³-hybridized carbons (Fsp3) is 0.429. The van der Waals surface area contributed by atoms with Gasteiger partial charge in [-0.25, -0.2) is 0 Å². The summed E-state index contributed by atoms with van der Waals surface area (Å²) >= 11 is 0. The number of anilines is 1. The van der Waals surface area contributed by atoms with Gasteiger partial charge in [0.1, 0.15) is 0 Å². The fourth-order valence-electron chi connectivity index (χ4n) is 1.55. The van der Waals surface area contributed by atoms with Crippen LogP contribution in [0.3, 0.4) is 0 Å². The molecule has 0 aliphatic heterocycles. The number of nitrogens with two attached hydrogens (primary N) is 1. The van der Waals surface area contributed by atoms with Crippen molar-refractivity contribution in [2.45, 2.75) is 32.7 Å². The van der Waals surface area contributed by atoms with Gasteiger partial charge in [0.15, 0.2) is 0 Å². The topological polar surface area (TPSA) is 84.2 Å². The summed E-state index contributed by atoms with van der Waals surface area (Å²) in [6, 6.07) is 6.72. The Balaban J connectivity index is 2.37. The maximum absolute atomic E-state index is 11.8. The molecule has 0 bridgehead atoms. The molecule has 0 atom stereocenters. The molecule has 1 aromatic rings. The van der Waals surface area contributed by atoms with Crippen LogP contribution in [0, 0.1) is 0 Å². The zero-order valence-corrected chi connectivity index (χ0v) is 11.6. The van der Waals surface area contributed by atoms with Crippen molar-refractivity contribution in [2.24, 2.45) is 0 Å². The van der Waals surface area contributed by atoms with E-state index in [0.29, 0.717) is 17.8 Å². The quantitative estimate of drug-likeness (QED) is 0.716. The number of amides is 2. The predicted octanol–water partition coefficient (Wildman–Crippen LogP) is 1.30. The first kappa shape index (κ1) is 15.0. The monoisotopic (exact) mass is 263 g/mol. The van der Waals surface area contributed by atoms with Gasteiger partial charge in [0.2, 0.25) is 5.91 Å². The molecular formula is C14H21N3O2. The molecule has 5 heteroatoms. The van der Waals surface area contributed by atoms with Crippen LogP contribution in [0.25, 0.3) is 0 Å². The number of carbonyl (C=O) groups excluding carboxylic acids is 2. The lowest BCUT2D eigenvalue weighted by atomic mass is 10.1. The normalized spacial score (nSPS) is 10.9. The van der Waals surface area contributed by atoms with Crippen molar-refractivity contribution < 1.29 is 9.59 Å². The Morgan fingerprint density at radius 3 is 2.53 bits per heavy atom. The van der Waals surface area contributed by atoms with Crippen LogP contribution in [-0.2, 0) is 4.79 Å². The Labute approximate surface area is 113 Å². The number of carbonyl (C=O) groups is 2. The summed E-state index contributed by atoms with van der Waals surface area (Å²) in [7, 11) is 0. The second-order valence-corrected chi connectivity index (χ2v) is 5.43. The van der Waals surface area contributed by atoms with Crippen LogP contribution in [0.5, 0.6) is 0 Å². The van der Waals surface area contributed by atoms with E-state index in [-0.39, 0.29) is 23.8 Å². The van der Waals surface area contributed by atoms with Crippen molar-refractivity contribution in [1.82, 2.24) is 10.6 Å². The van der Waals surface area contributed by atoms with Crippen LogP contribution in [0.2, 0.25) is 0 Å². The molecule has 1 rings (SSSR count). The smallest absolute Gasteiger partial charge is 0.251 e. The molecule has 0 aliphatic rings. The predicted molar refractivity (Wildman–Crippen MR) is 75.7 cm³/mol. The van der Waals surface area contributed by atoms with Crippen LogP contribution in [0.15, 0.2) is 24.3 Å². The fourth-order valence-corrected chi connectivity index (χ4v) is 1.55. The van der Waals surface area contributed by atoms with E-state index >= 15 is 0 Å². The Bertz CT molecular complexity index is 464. The minimum Gasteiger partial charge on any atom is -0.399 e. The third-order valence-corrected chi connectivity index (χ3v) is 2.30. The van der Waals surface area contributed by atoms with Crippen molar-refractivity contribution in [3.8, 4) is 0 Å². The summed E-state index contributed by atoms with van der Waals surface area (Å²) in [4.78, 5) is 23.3. The molecule has 0 saturated heterocycles. The van der Waals surface area contributed by atoms with Crippen LogP contribution in [-0.4, -0.2) is 23.9 Å². The minimum atomic E-state index is -0.255. The largest absolute Gasteiger partial charge is 0.399 e. The summed E-state index contributed by atoms with van der Waals surface area (Å²) < 4.78 is 0. The maximum atomic E-state index is 11.8. The number of rotatable bonds is 4. The van der Waals surface area contributed by atoms with E-state index < -0.39 is 0 Å². The first-order valence-corrected chi connectivity index (χ1v) is 6.23. The van der Waals surface area contributed by atoms with Gasteiger partial charge in [0, 0.05) is 29.8 Å². The number of hydrogen-bond acceptors (Lipinski definition) is 3. The van der Waals surface area contributed by atoms with Gasteiger partial charge in [-0.3, -0.25) is 9.59 Å². The van der Waals surface area contributed by atoms with Crippen LogP contribution >= 0.6 is 0 Å². The molecule has 0 saturated carbocycles. The summed E-state index contributed by atoms with van der Waals surface area (Å²) in [5.41, 5.74) is 6.38. The van der Waals surface area contributed by atoms with Crippen molar-refractivity contribution in [3.63, 3.8) is 0 Å². The Morgan fingerprint density at radius 1 is 1.26 bits per heavy atom. The molecule has 0 unspecified atom stereocenters. The zero-order valence-electron chi connectivity index (χ0n) is 11.6. The number of hydrogen-bond donors (Lipinski definition) is 3. The second kappa shape index (κ2) is 6.22. The molecule has 0 heterocycles. The lowest BCUT2D eigenvalue weighted by Crippen LogP contribution is -2.41. The van der Waals surface area contributed by atoms with Crippen molar-refractivity contribution in [1.29, 1.82) is 0 Å². The van der Waals surface area contributed by atoms with Gasteiger partial charge in [-0.1, -0.05) is 6.07 Å². The standard InChI is InChI=1S/C14H21N3O2/c1-14(2,3)17-12(18)7-8-16-13(19)10-5-4-6-11(15)9-10/h4-6,9H,7-8,15H2,1-3H3,(H,16,19)(H,17,18). The number of benzene rings is 1. The molecule has 104 valence electrons. The van der Waals surface area contributed by atoms with Crippen LogP contribution in [0.4, 0.5) is 5.69 Å². The third-order valence-electron chi connectivity index (χ3n) is 2.30. The van der Waals surface area contributed by atoms with Gasteiger partial charge in [-0.2, -0.15) is 0 Å². The summed E-state index contributed by atoms with van der Waals surface area (Å²) in [5, 5.41) is 5.52. The van der Waals surface area contributed by atoms with E-state index in [9.17, 15) is 9.59 Å². The molecule has 5 nitrogen and oxygen atoms in total. The summed E-state index contributed by atoms with van der Waals surface area (Å²) in [5.74, 6) is -0.309. The zero-order chi connectivity index (χ0) is 14.5. The average Bonchev–Trinajstić information content (AvgIpc) is 2.26. The molecule has 19 heavy (non-hydrogen) atoms. The molecule has 0 radical (unpaired) electrons. The highest BCUT2D eigenvalue weighted by atomic mass is 16.2. The van der Waals surface area contributed by atoms with Gasteiger partial charge in [0.05, 0.1) is 0 Å². The maximum Gasteiger partial charge on any atom is 0.251 e. The molecule has 0 spiro atoms. The third kappa shape index (κ3) is 5.90. The lowest BCUT2D eigenvalue weighted by molar-refractivity contribution is -0.122. The van der Waals surface area contributed by atoms with Crippen molar-refractivity contribution >= 4 is 17.5 Å². The first-order valence-electron chi connectivity index (χ1n) is 6.23. The van der Waals surface area contributed by atoms with Gasteiger partial charge in [-0.05, 0) is 39.0 Å². The molecule has 0 aliphatic carbocycles. The summed E-state index contributed by atoms with van der Waals surface area (Å²) in [6.45, 7) is 6.04. The highest BCUT2D eigenvalue weighted by Gasteiger charge is 2.13. The van der Waals surface area contributed by atoms with Crippen LogP contribution in [0.1, 0.15) is 37.6 Å². The molecule has 4 N–H and O–H groups in total. The molecule has 2 amide bonds. The molecule has 1 aromatic carbocycles. The average molecular weight is 263 g/mol. The summed E-state index contributed by atoms with van der Waals surface area (Å²) in [6.07, 6.45) is 0.255. The SMILES string of the molecule is CC(C)(C)NC(=O)CCNC(=O)c1cccc(N)c1. The molecule has 0 fully saturated rings. The van der Waals surface area contributed by atoms with Gasteiger partial charge in [0.25, 0.3) is 5.91 Å². The van der Waals surface area contributed by atoms with E-state index in [4.69, 9.17) is 5.73 Å². The van der Waals surface area contributed by atoms with E-state index in [2.05, 4.69) is 10.6 Å². The van der Waals surface area contributed by atoms with Crippen molar-refractivity contribution in [3.05, 3.63) is 29.8 Å². The van der Waals surface area contributed by atoms with Crippen molar-refractivity contribution in [2.75, 3.05) is 12.3 Å². The Morgan fingerprint density at radius 2 is 1.95 bits per heavy atom. The van der Waals surface area contributed by atoms with E-state index in [1.165, 1.54) is 0 Å². The van der Waals surface area contributed by atoms with Gasteiger partial charge >= 0.3 is 0 Å².